The van der Waals surface area contributed by atoms with Crippen molar-refractivity contribution in [3.8, 4) is 0 Å². The number of benzene rings is 1. The second-order valence-corrected chi connectivity index (χ2v) is 7.48. The first kappa shape index (κ1) is 13.1. The fourth-order valence-electron chi connectivity index (χ4n) is 3.30. The lowest BCUT2D eigenvalue weighted by atomic mass is 10.1. The molecule has 2 fully saturated rings. The number of hydrogen-bond acceptors (Lipinski definition) is 3. The highest BCUT2D eigenvalue weighted by molar-refractivity contribution is 7.89. The summed E-state index contributed by atoms with van der Waals surface area (Å²) in [5.74, 6) is 0.580. The molecule has 1 saturated heterocycles. The molecule has 2 N–H and O–H groups in total. The van der Waals surface area contributed by atoms with Gasteiger partial charge in [-0.2, -0.15) is 4.31 Å². The molecule has 1 aliphatic heterocycles. The summed E-state index contributed by atoms with van der Waals surface area (Å²) in [5.41, 5.74) is 6.59. The van der Waals surface area contributed by atoms with Crippen LogP contribution in [0.4, 0.5) is 0 Å². The van der Waals surface area contributed by atoms with Crippen molar-refractivity contribution in [2.24, 2.45) is 11.7 Å². The van der Waals surface area contributed by atoms with Crippen molar-refractivity contribution in [3.63, 3.8) is 0 Å². The Balaban J connectivity index is 1.84. The van der Waals surface area contributed by atoms with E-state index in [4.69, 9.17) is 5.73 Å². The number of fused-ring (bicyclic) bond motifs is 2. The predicted molar refractivity (Wildman–Crippen MR) is 74.2 cm³/mol. The maximum atomic E-state index is 12.6. The summed E-state index contributed by atoms with van der Waals surface area (Å²) in [7, 11) is -3.30. The normalized spacial score (nSPS) is 27.0. The van der Waals surface area contributed by atoms with Crippen molar-refractivity contribution in [1.29, 1.82) is 0 Å². The van der Waals surface area contributed by atoms with Crippen molar-refractivity contribution < 1.29 is 8.42 Å². The van der Waals surface area contributed by atoms with Crippen molar-refractivity contribution >= 4 is 10.0 Å². The van der Waals surface area contributed by atoms with Gasteiger partial charge in [-0.25, -0.2) is 8.42 Å². The molecule has 4 nitrogen and oxygen atoms in total. The Hall–Kier alpha value is -0.910. The Kier molecular flexibility index (Phi) is 3.37. The summed E-state index contributed by atoms with van der Waals surface area (Å²) >= 11 is 0. The molecule has 1 aliphatic carbocycles. The molecule has 2 aliphatic rings. The van der Waals surface area contributed by atoms with E-state index in [-0.39, 0.29) is 6.04 Å². The number of rotatable bonds is 4. The molecule has 1 heterocycles. The molecule has 19 heavy (non-hydrogen) atoms. The van der Waals surface area contributed by atoms with Crippen LogP contribution in [0.3, 0.4) is 0 Å². The summed E-state index contributed by atoms with van der Waals surface area (Å²) in [6, 6.07) is 7.40. The van der Waals surface area contributed by atoms with Gasteiger partial charge < -0.3 is 5.73 Å². The van der Waals surface area contributed by atoms with Gasteiger partial charge >= 0.3 is 0 Å². The lowest BCUT2D eigenvalue weighted by Crippen LogP contribution is -2.37. The zero-order chi connectivity index (χ0) is 13.5. The average Bonchev–Trinajstić information content (AvgIpc) is 3.02. The fraction of sp³-hybridized carbons (Fsp3) is 0.571. The minimum atomic E-state index is -3.30. The van der Waals surface area contributed by atoms with E-state index in [1.807, 2.05) is 12.1 Å². The van der Waals surface area contributed by atoms with E-state index in [0.717, 1.165) is 24.8 Å². The molecule has 5 heteroatoms. The molecule has 2 atom stereocenters. The van der Waals surface area contributed by atoms with Crippen LogP contribution in [-0.4, -0.2) is 31.9 Å². The molecule has 1 aromatic carbocycles. The second kappa shape index (κ2) is 4.89. The molecule has 3 rings (SSSR count). The number of nitrogens with two attached hydrogens (primary N) is 1. The van der Waals surface area contributed by atoms with Gasteiger partial charge in [-0.15, -0.1) is 0 Å². The quantitative estimate of drug-likeness (QED) is 0.906. The molecule has 1 aromatic rings. The predicted octanol–water partition coefficient (Wildman–Crippen LogP) is 1.36. The first-order valence-electron chi connectivity index (χ1n) is 6.92. The maximum absolute atomic E-state index is 12.6. The van der Waals surface area contributed by atoms with Gasteiger partial charge in [0.2, 0.25) is 10.0 Å². The van der Waals surface area contributed by atoms with Gasteiger partial charge in [-0.3, -0.25) is 0 Å². The smallest absolute Gasteiger partial charge is 0.243 e. The number of piperidine rings is 1. The van der Waals surface area contributed by atoms with Gasteiger partial charge in [0.25, 0.3) is 0 Å². The van der Waals surface area contributed by atoms with Crippen LogP contribution in [-0.2, 0) is 16.4 Å². The zero-order valence-corrected chi connectivity index (χ0v) is 11.8. The third-order valence-corrected chi connectivity index (χ3v) is 6.25. The minimum Gasteiger partial charge on any atom is -0.330 e. The minimum absolute atomic E-state index is 0.235. The average molecular weight is 280 g/mol. The Morgan fingerprint density at radius 2 is 1.95 bits per heavy atom. The summed E-state index contributed by atoms with van der Waals surface area (Å²) in [4.78, 5) is 0.417. The summed E-state index contributed by atoms with van der Waals surface area (Å²) in [6.45, 7) is 1.29. The van der Waals surface area contributed by atoms with Crippen LogP contribution in [0.1, 0.15) is 24.8 Å². The van der Waals surface area contributed by atoms with Gasteiger partial charge in [-0.1, -0.05) is 12.1 Å². The summed E-state index contributed by atoms with van der Waals surface area (Å²) in [5, 5.41) is 0. The molecule has 104 valence electrons. The van der Waals surface area contributed by atoms with E-state index >= 15 is 0 Å². The van der Waals surface area contributed by atoms with E-state index in [0.29, 0.717) is 23.9 Å². The zero-order valence-electron chi connectivity index (χ0n) is 11.0. The molecular formula is C14H20N2O2S. The highest BCUT2D eigenvalue weighted by Crippen LogP contribution is 2.40. The monoisotopic (exact) mass is 280 g/mol. The lowest BCUT2D eigenvalue weighted by molar-refractivity contribution is 0.333. The Morgan fingerprint density at radius 3 is 2.47 bits per heavy atom. The Morgan fingerprint density at radius 1 is 1.21 bits per heavy atom. The van der Waals surface area contributed by atoms with Crippen LogP contribution in [0, 0.1) is 5.92 Å². The van der Waals surface area contributed by atoms with Crippen LogP contribution >= 0.6 is 0 Å². The van der Waals surface area contributed by atoms with Gasteiger partial charge in [0.1, 0.15) is 0 Å². The first-order chi connectivity index (χ1) is 9.11. The third kappa shape index (κ3) is 2.30. The number of sulfonamides is 1. The third-order valence-electron chi connectivity index (χ3n) is 4.32. The summed E-state index contributed by atoms with van der Waals surface area (Å²) in [6.07, 6.45) is 4.04. The molecule has 0 amide bonds. The standard InChI is InChI=1S/C14H20N2O2S/c15-8-7-11-2-5-14(6-3-11)19(17,18)16-10-12-1-4-13(16)9-12/h2-3,5-6,12-13H,1,4,7-10,15H2. The summed E-state index contributed by atoms with van der Waals surface area (Å²) < 4.78 is 26.9. The van der Waals surface area contributed by atoms with Gasteiger partial charge in [0.15, 0.2) is 0 Å². The highest BCUT2D eigenvalue weighted by atomic mass is 32.2. The van der Waals surface area contributed by atoms with Crippen molar-refractivity contribution in [3.05, 3.63) is 29.8 Å². The Labute approximate surface area is 114 Å². The molecule has 1 saturated carbocycles. The molecular weight excluding hydrogens is 260 g/mol. The largest absolute Gasteiger partial charge is 0.330 e. The molecule has 0 aromatic heterocycles. The van der Waals surface area contributed by atoms with Gasteiger partial charge in [0, 0.05) is 12.6 Å². The van der Waals surface area contributed by atoms with E-state index in [1.165, 1.54) is 6.42 Å². The second-order valence-electron chi connectivity index (χ2n) is 5.59. The molecule has 0 spiro atoms. The van der Waals surface area contributed by atoms with Crippen LogP contribution in [0.5, 0.6) is 0 Å². The molecule has 2 unspecified atom stereocenters. The van der Waals surface area contributed by atoms with Crippen molar-refractivity contribution in [1.82, 2.24) is 4.31 Å². The number of hydrogen-bond donors (Lipinski definition) is 1. The van der Waals surface area contributed by atoms with Crippen LogP contribution < -0.4 is 5.73 Å². The first-order valence-corrected chi connectivity index (χ1v) is 8.36. The van der Waals surface area contributed by atoms with Gasteiger partial charge in [0.05, 0.1) is 4.90 Å². The number of nitrogens with zero attached hydrogens (tertiary/aromatic N) is 1. The fourth-order valence-corrected chi connectivity index (χ4v) is 5.05. The molecule has 0 radical (unpaired) electrons. The van der Waals surface area contributed by atoms with Crippen LogP contribution in [0.2, 0.25) is 0 Å². The Bertz CT molecular complexity index is 553. The van der Waals surface area contributed by atoms with E-state index in [2.05, 4.69) is 0 Å². The van der Waals surface area contributed by atoms with E-state index < -0.39 is 10.0 Å². The molecule has 2 bridgehead atoms. The highest BCUT2D eigenvalue weighted by Gasteiger charge is 2.44. The van der Waals surface area contributed by atoms with Crippen molar-refractivity contribution in [2.45, 2.75) is 36.6 Å². The van der Waals surface area contributed by atoms with E-state index in [1.54, 1.807) is 16.4 Å². The lowest BCUT2D eigenvalue weighted by Gasteiger charge is -2.26. The van der Waals surface area contributed by atoms with Crippen LogP contribution in [0.15, 0.2) is 29.2 Å². The topological polar surface area (TPSA) is 63.4 Å². The maximum Gasteiger partial charge on any atom is 0.243 e. The van der Waals surface area contributed by atoms with Crippen molar-refractivity contribution in [2.75, 3.05) is 13.1 Å². The van der Waals surface area contributed by atoms with E-state index in [9.17, 15) is 8.42 Å². The van der Waals surface area contributed by atoms with Crippen LogP contribution in [0.25, 0.3) is 0 Å². The SMILES string of the molecule is NCCc1ccc(S(=O)(=O)N2CC3CCC2C3)cc1. The van der Waals surface area contributed by atoms with Gasteiger partial charge in [-0.05, 0) is 55.8 Å².